The molecule has 0 aliphatic heterocycles. The van der Waals surface area contributed by atoms with Gasteiger partial charge >= 0.3 is 0 Å². The molecule has 0 aromatic heterocycles. The predicted molar refractivity (Wildman–Crippen MR) is 144 cm³/mol. The third kappa shape index (κ3) is 8.31. The molecule has 8 nitrogen and oxygen atoms in total. The number of hydrogen-bond acceptors (Lipinski definition) is 7. The average Bonchev–Trinajstić information content (AvgIpc) is 2.83. The summed E-state index contributed by atoms with van der Waals surface area (Å²) in [7, 11) is -3.70. The van der Waals surface area contributed by atoms with Crippen LogP contribution in [0.5, 0.6) is 11.5 Å². The topological polar surface area (TPSA) is 125 Å². The van der Waals surface area contributed by atoms with Crippen molar-refractivity contribution in [1.29, 1.82) is 0 Å². The Morgan fingerprint density at radius 2 is 1.57 bits per heavy atom. The zero-order valence-corrected chi connectivity index (χ0v) is 22.2. The molecule has 0 fully saturated rings. The maximum absolute atomic E-state index is 12.4. The molecule has 4 N–H and O–H groups in total. The third-order valence-electron chi connectivity index (χ3n) is 5.74. The van der Waals surface area contributed by atoms with Crippen molar-refractivity contribution in [1.82, 2.24) is 10.0 Å². The zero-order chi connectivity index (χ0) is 27.2. The molecule has 0 aliphatic rings. The van der Waals surface area contributed by atoms with Crippen LogP contribution in [0, 0.1) is 0 Å². The number of aromatic hydroxyl groups is 1. The average molecular weight is 527 g/mol. The Morgan fingerprint density at radius 3 is 2.16 bits per heavy atom. The lowest BCUT2D eigenvalue weighted by Crippen LogP contribution is -2.33. The number of rotatable bonds is 11. The van der Waals surface area contributed by atoms with Crippen molar-refractivity contribution in [3.05, 3.63) is 83.4 Å². The number of aliphatic hydroxyl groups excluding tert-OH is 1. The Bertz CT molecular complexity index is 1310. The van der Waals surface area contributed by atoms with Crippen molar-refractivity contribution in [2.24, 2.45) is 0 Å². The molecule has 9 heteroatoms. The minimum absolute atomic E-state index is 0.147. The van der Waals surface area contributed by atoms with Gasteiger partial charge in [-0.1, -0.05) is 42.5 Å². The van der Waals surface area contributed by atoms with E-state index < -0.39 is 22.0 Å². The van der Waals surface area contributed by atoms with Gasteiger partial charge in [-0.15, -0.1) is 0 Å². The SMILES string of the molecule is CC(C)Oc1cc(-c2ccc(CCN[C@@H](C)[C@H](O)c3ccc(O)cc3)cc2)ccc1C(=O)NS(C)(=O)=O. The fourth-order valence-corrected chi connectivity index (χ4v) is 4.29. The maximum atomic E-state index is 12.4. The van der Waals surface area contributed by atoms with E-state index in [1.54, 1.807) is 42.5 Å². The summed E-state index contributed by atoms with van der Waals surface area (Å²) in [5, 5.41) is 23.3. The van der Waals surface area contributed by atoms with Crippen LogP contribution >= 0.6 is 0 Å². The number of ether oxygens (including phenoxy) is 1. The van der Waals surface area contributed by atoms with Gasteiger partial charge < -0.3 is 20.3 Å². The van der Waals surface area contributed by atoms with E-state index in [0.717, 1.165) is 34.9 Å². The van der Waals surface area contributed by atoms with Crippen LogP contribution in [-0.2, 0) is 16.4 Å². The molecule has 0 saturated carbocycles. The first kappa shape index (κ1) is 28.2. The van der Waals surface area contributed by atoms with Gasteiger partial charge in [0.25, 0.3) is 5.91 Å². The second kappa shape index (κ2) is 12.2. The van der Waals surface area contributed by atoms with E-state index in [0.29, 0.717) is 12.3 Å². The fraction of sp³-hybridized carbons (Fsp3) is 0.321. The van der Waals surface area contributed by atoms with Crippen LogP contribution in [0.15, 0.2) is 66.7 Å². The Hall–Kier alpha value is -3.40. The lowest BCUT2D eigenvalue weighted by molar-refractivity contribution is 0.0976. The van der Waals surface area contributed by atoms with E-state index in [9.17, 15) is 23.4 Å². The highest BCUT2D eigenvalue weighted by Crippen LogP contribution is 2.29. The molecule has 1 amide bonds. The first-order valence-corrected chi connectivity index (χ1v) is 13.9. The monoisotopic (exact) mass is 526 g/mol. The number of hydrogen-bond donors (Lipinski definition) is 4. The van der Waals surface area contributed by atoms with Gasteiger partial charge in [0.2, 0.25) is 10.0 Å². The van der Waals surface area contributed by atoms with Gasteiger partial charge in [0.15, 0.2) is 0 Å². The van der Waals surface area contributed by atoms with E-state index in [2.05, 4.69) is 5.32 Å². The van der Waals surface area contributed by atoms with Crippen LogP contribution in [0.25, 0.3) is 11.1 Å². The number of aliphatic hydroxyl groups is 1. The summed E-state index contributed by atoms with van der Waals surface area (Å²) >= 11 is 0. The quantitative estimate of drug-likeness (QED) is 0.300. The minimum Gasteiger partial charge on any atom is -0.508 e. The van der Waals surface area contributed by atoms with E-state index in [-0.39, 0.29) is 23.5 Å². The van der Waals surface area contributed by atoms with Gasteiger partial charge in [0.1, 0.15) is 11.5 Å². The van der Waals surface area contributed by atoms with Crippen molar-refractivity contribution in [3.8, 4) is 22.6 Å². The van der Waals surface area contributed by atoms with Crippen LogP contribution in [0.4, 0.5) is 0 Å². The summed E-state index contributed by atoms with van der Waals surface area (Å²) in [5.74, 6) is -0.266. The zero-order valence-electron chi connectivity index (χ0n) is 21.4. The predicted octanol–water partition coefficient (Wildman–Crippen LogP) is 3.79. The van der Waals surface area contributed by atoms with E-state index in [4.69, 9.17) is 4.74 Å². The molecule has 0 bridgehead atoms. The van der Waals surface area contributed by atoms with Gasteiger partial charge in [0.05, 0.1) is 24.0 Å². The molecule has 3 aromatic carbocycles. The second-order valence-electron chi connectivity index (χ2n) is 9.31. The van der Waals surface area contributed by atoms with Gasteiger partial charge in [-0.2, -0.15) is 0 Å². The Balaban J connectivity index is 1.65. The highest BCUT2D eigenvalue weighted by Gasteiger charge is 2.18. The fourth-order valence-electron chi connectivity index (χ4n) is 3.84. The summed E-state index contributed by atoms with van der Waals surface area (Å²) in [4.78, 5) is 12.4. The van der Waals surface area contributed by atoms with Crippen LogP contribution in [0.2, 0.25) is 0 Å². The van der Waals surface area contributed by atoms with Crippen molar-refractivity contribution < 1.29 is 28.2 Å². The summed E-state index contributed by atoms with van der Waals surface area (Å²) in [5.41, 5.74) is 3.76. The number of benzene rings is 3. The molecule has 0 saturated heterocycles. The summed E-state index contributed by atoms with van der Waals surface area (Å²) in [6, 6.07) is 19.4. The first-order chi connectivity index (χ1) is 17.4. The number of phenolic OH excluding ortho intramolecular Hbond substituents is 1. The van der Waals surface area contributed by atoms with Crippen LogP contribution < -0.4 is 14.8 Å². The lowest BCUT2D eigenvalue weighted by atomic mass is 10.0. The molecule has 0 radical (unpaired) electrons. The van der Waals surface area contributed by atoms with Gasteiger partial charge in [-0.25, -0.2) is 13.1 Å². The van der Waals surface area contributed by atoms with E-state index >= 15 is 0 Å². The Morgan fingerprint density at radius 1 is 0.946 bits per heavy atom. The molecule has 198 valence electrons. The van der Waals surface area contributed by atoms with Crippen molar-refractivity contribution in [2.75, 3.05) is 12.8 Å². The third-order valence-corrected chi connectivity index (χ3v) is 6.30. The smallest absolute Gasteiger partial charge is 0.268 e. The number of nitrogens with one attached hydrogen (secondary N) is 2. The van der Waals surface area contributed by atoms with Crippen LogP contribution in [0.3, 0.4) is 0 Å². The number of amides is 1. The largest absolute Gasteiger partial charge is 0.508 e. The normalized spacial score (nSPS) is 13.2. The molecule has 0 unspecified atom stereocenters. The van der Waals surface area contributed by atoms with Crippen molar-refractivity contribution in [2.45, 2.75) is 45.4 Å². The first-order valence-electron chi connectivity index (χ1n) is 12.1. The highest BCUT2D eigenvalue weighted by molar-refractivity contribution is 7.89. The molecule has 0 spiro atoms. The number of carbonyl (C=O) groups excluding carboxylic acids is 1. The lowest BCUT2D eigenvalue weighted by Gasteiger charge is -2.21. The van der Waals surface area contributed by atoms with Gasteiger partial charge in [-0.3, -0.25) is 4.79 Å². The maximum Gasteiger partial charge on any atom is 0.268 e. The van der Waals surface area contributed by atoms with Gasteiger partial charge in [-0.05, 0) is 80.3 Å². The molecule has 2 atom stereocenters. The van der Waals surface area contributed by atoms with E-state index in [1.807, 2.05) is 49.8 Å². The van der Waals surface area contributed by atoms with Crippen LogP contribution in [-0.4, -0.2) is 49.5 Å². The second-order valence-corrected chi connectivity index (χ2v) is 11.1. The summed E-state index contributed by atoms with van der Waals surface area (Å²) in [6.07, 6.45) is 0.800. The molecule has 3 rings (SSSR count). The molecular weight excluding hydrogens is 492 g/mol. The summed E-state index contributed by atoms with van der Waals surface area (Å²) < 4.78 is 30.8. The summed E-state index contributed by atoms with van der Waals surface area (Å²) in [6.45, 7) is 6.25. The van der Waals surface area contributed by atoms with Crippen molar-refractivity contribution in [3.63, 3.8) is 0 Å². The number of sulfonamides is 1. The number of carbonyl (C=O) groups is 1. The Kier molecular flexibility index (Phi) is 9.31. The molecule has 0 heterocycles. The van der Waals surface area contributed by atoms with Gasteiger partial charge in [0, 0.05) is 6.04 Å². The van der Waals surface area contributed by atoms with Crippen LogP contribution in [0.1, 0.15) is 48.4 Å². The molecule has 37 heavy (non-hydrogen) atoms. The Labute approximate surface area is 218 Å². The standard InChI is InChI=1S/C28H34N2O6S/c1-18(2)36-26-17-23(11-14-25(26)28(33)30-37(4,34)35)21-7-5-20(6-8-21)15-16-29-19(3)27(32)22-9-12-24(31)13-10-22/h5-14,17-19,27,29,31-32H,15-16H2,1-4H3,(H,30,33)/t19-,27-/m0/s1. The number of phenols is 1. The highest BCUT2D eigenvalue weighted by atomic mass is 32.2. The minimum atomic E-state index is -3.70. The van der Waals surface area contributed by atoms with Crippen molar-refractivity contribution >= 4 is 15.9 Å². The molecular formula is C28H34N2O6S. The molecule has 0 aliphatic carbocycles. The molecule has 3 aromatic rings. The van der Waals surface area contributed by atoms with E-state index in [1.165, 1.54) is 0 Å².